The zero-order valence-electron chi connectivity index (χ0n) is 17.4. The first-order valence-corrected chi connectivity index (χ1v) is 9.77. The van der Waals surface area contributed by atoms with Crippen LogP contribution in [0.15, 0.2) is 48.8 Å². The van der Waals surface area contributed by atoms with Crippen LogP contribution in [-0.2, 0) is 10.4 Å². The van der Waals surface area contributed by atoms with Gasteiger partial charge in [-0.15, -0.1) is 0 Å². The summed E-state index contributed by atoms with van der Waals surface area (Å²) >= 11 is 0. The maximum absolute atomic E-state index is 14.5. The number of aliphatic carboxylic acids is 1. The fourth-order valence-electron chi connectivity index (χ4n) is 4.38. The van der Waals surface area contributed by atoms with E-state index in [0.29, 0.717) is 6.07 Å². The molecule has 4 rings (SSSR count). The molecule has 2 N–H and O–H groups in total. The largest absolute Gasteiger partial charge is 0.480 e. The van der Waals surface area contributed by atoms with Crippen LogP contribution in [0.5, 0.6) is 0 Å². The molecule has 1 aromatic heterocycles. The van der Waals surface area contributed by atoms with Crippen LogP contribution in [0.3, 0.4) is 0 Å². The summed E-state index contributed by atoms with van der Waals surface area (Å²) in [6, 6.07) is 6.18. The van der Waals surface area contributed by atoms with Crippen molar-refractivity contribution in [3.8, 4) is 22.3 Å². The second kappa shape index (κ2) is 6.90. The van der Waals surface area contributed by atoms with Gasteiger partial charge in [0.05, 0.1) is 6.20 Å². The van der Waals surface area contributed by atoms with E-state index in [-0.39, 0.29) is 27.8 Å². The van der Waals surface area contributed by atoms with Crippen molar-refractivity contribution >= 4 is 5.97 Å². The second-order valence-corrected chi connectivity index (χ2v) is 8.95. The molecular formula is C23H20F4N2O3. The zero-order valence-corrected chi connectivity index (χ0v) is 17.4. The van der Waals surface area contributed by atoms with Gasteiger partial charge in [-0.1, -0.05) is 45.0 Å². The molecule has 9 heteroatoms. The Morgan fingerprint density at radius 2 is 1.75 bits per heavy atom. The van der Waals surface area contributed by atoms with E-state index in [4.69, 9.17) is 0 Å². The quantitative estimate of drug-likeness (QED) is 0.544. The van der Waals surface area contributed by atoms with Crippen molar-refractivity contribution in [1.29, 1.82) is 0 Å². The first-order valence-electron chi connectivity index (χ1n) is 9.77. The van der Waals surface area contributed by atoms with Gasteiger partial charge in [0.1, 0.15) is 5.82 Å². The molecule has 32 heavy (non-hydrogen) atoms. The van der Waals surface area contributed by atoms with Gasteiger partial charge in [0.2, 0.25) is 5.60 Å². The molecule has 0 radical (unpaired) electrons. The van der Waals surface area contributed by atoms with Crippen molar-refractivity contribution in [2.45, 2.75) is 38.6 Å². The highest BCUT2D eigenvalue weighted by Gasteiger charge is 2.61. The van der Waals surface area contributed by atoms with E-state index < -0.39 is 40.6 Å². The summed E-state index contributed by atoms with van der Waals surface area (Å²) in [6.07, 6.45) is -2.44. The number of carboxylic acids is 1. The maximum atomic E-state index is 14.5. The molecule has 168 valence electrons. The molecule has 2 unspecified atom stereocenters. The van der Waals surface area contributed by atoms with E-state index in [1.165, 1.54) is 35.3 Å². The number of alkyl halides is 3. The average Bonchev–Trinajstić information content (AvgIpc) is 3.22. The standard InChI is InChI=1S/C23H20F4N2O3/c1-21(2,3)19(20(30)31)29-11-12(10-28-29)15-8-13(24)9-17-18(15)14-6-4-5-7-16(14)22(17,32)23(25,26)27/h4-11,19,32H,1-3H3,(H,30,31). The fraction of sp³-hybridized carbons (Fsp3) is 0.304. The minimum absolute atomic E-state index is 0.0315. The molecule has 1 aliphatic rings. The average molecular weight is 448 g/mol. The molecule has 2 atom stereocenters. The Morgan fingerprint density at radius 3 is 2.34 bits per heavy atom. The van der Waals surface area contributed by atoms with Crippen molar-refractivity contribution in [2.24, 2.45) is 5.41 Å². The van der Waals surface area contributed by atoms with Gasteiger partial charge in [-0.25, -0.2) is 9.18 Å². The molecule has 0 fully saturated rings. The summed E-state index contributed by atoms with van der Waals surface area (Å²) < 4.78 is 57.9. The Kier molecular flexibility index (Phi) is 4.74. The lowest BCUT2D eigenvalue weighted by Gasteiger charge is -2.28. The molecule has 0 bridgehead atoms. The normalized spacial score (nSPS) is 18.9. The summed E-state index contributed by atoms with van der Waals surface area (Å²) in [5.74, 6) is -2.10. The highest BCUT2D eigenvalue weighted by molar-refractivity contribution is 5.92. The minimum atomic E-state index is -5.09. The Balaban J connectivity index is 1.98. The number of aromatic nitrogens is 2. The molecule has 0 aliphatic heterocycles. The number of halogens is 4. The van der Waals surface area contributed by atoms with Gasteiger partial charge in [-0.3, -0.25) is 4.68 Å². The molecule has 2 aromatic carbocycles. The Morgan fingerprint density at radius 1 is 1.09 bits per heavy atom. The van der Waals surface area contributed by atoms with E-state index in [9.17, 15) is 32.6 Å². The van der Waals surface area contributed by atoms with Crippen LogP contribution in [-0.4, -0.2) is 32.1 Å². The van der Waals surface area contributed by atoms with Crippen LogP contribution in [0.25, 0.3) is 22.3 Å². The van der Waals surface area contributed by atoms with E-state index in [1.807, 2.05) is 0 Å². The first-order chi connectivity index (χ1) is 14.8. The Labute approximate surface area is 180 Å². The van der Waals surface area contributed by atoms with Crippen LogP contribution < -0.4 is 0 Å². The molecule has 3 aromatic rings. The number of benzene rings is 2. The summed E-state index contributed by atoms with van der Waals surface area (Å²) in [5, 5.41) is 24.6. The molecule has 1 aliphatic carbocycles. The highest BCUT2D eigenvalue weighted by Crippen LogP contribution is 2.57. The fourth-order valence-corrected chi connectivity index (χ4v) is 4.38. The number of fused-ring (bicyclic) bond motifs is 3. The zero-order chi connectivity index (χ0) is 23.6. The lowest BCUT2D eigenvalue weighted by Crippen LogP contribution is -2.41. The lowest BCUT2D eigenvalue weighted by molar-refractivity contribution is -0.246. The number of carbonyl (C=O) groups is 1. The number of hydrogen-bond acceptors (Lipinski definition) is 3. The summed E-state index contributed by atoms with van der Waals surface area (Å²) in [5.41, 5.74) is -4.63. The van der Waals surface area contributed by atoms with Crippen LogP contribution in [0.4, 0.5) is 17.6 Å². The second-order valence-electron chi connectivity index (χ2n) is 8.95. The Bertz CT molecular complexity index is 1230. The Hall–Kier alpha value is -3.20. The number of rotatable bonds is 3. The molecular weight excluding hydrogens is 428 g/mol. The highest BCUT2D eigenvalue weighted by atomic mass is 19.4. The minimum Gasteiger partial charge on any atom is -0.480 e. The van der Waals surface area contributed by atoms with Gasteiger partial charge in [-0.2, -0.15) is 18.3 Å². The van der Waals surface area contributed by atoms with Gasteiger partial charge in [-0.05, 0) is 34.2 Å². The maximum Gasteiger partial charge on any atom is 0.425 e. The summed E-state index contributed by atoms with van der Waals surface area (Å²) in [6.45, 7) is 5.14. The van der Waals surface area contributed by atoms with Crippen molar-refractivity contribution in [3.05, 3.63) is 65.7 Å². The van der Waals surface area contributed by atoms with Crippen LogP contribution >= 0.6 is 0 Å². The molecule has 1 heterocycles. The van der Waals surface area contributed by atoms with Gasteiger partial charge in [0.15, 0.2) is 6.04 Å². The number of aliphatic hydroxyl groups is 1. The SMILES string of the molecule is CC(C)(C)C(C(=O)O)n1cc(-c2cc(F)cc3c2-c2ccccc2C3(O)C(F)(F)F)cn1. The third-order valence-electron chi connectivity index (χ3n) is 5.72. The van der Waals surface area contributed by atoms with Gasteiger partial charge < -0.3 is 10.2 Å². The molecule has 0 saturated carbocycles. The van der Waals surface area contributed by atoms with Crippen LogP contribution in [0.2, 0.25) is 0 Å². The van der Waals surface area contributed by atoms with Crippen molar-refractivity contribution < 1.29 is 32.6 Å². The summed E-state index contributed by atoms with van der Waals surface area (Å²) in [4.78, 5) is 11.8. The third-order valence-corrected chi connectivity index (χ3v) is 5.72. The van der Waals surface area contributed by atoms with E-state index in [2.05, 4.69) is 5.10 Å². The van der Waals surface area contributed by atoms with Gasteiger partial charge >= 0.3 is 12.1 Å². The summed E-state index contributed by atoms with van der Waals surface area (Å²) in [7, 11) is 0. The molecule has 0 amide bonds. The van der Waals surface area contributed by atoms with Gasteiger partial charge in [0, 0.05) is 22.9 Å². The van der Waals surface area contributed by atoms with E-state index in [0.717, 1.165) is 12.1 Å². The number of hydrogen-bond donors (Lipinski definition) is 2. The first kappa shape index (κ1) is 22.0. The van der Waals surface area contributed by atoms with Crippen molar-refractivity contribution in [3.63, 3.8) is 0 Å². The van der Waals surface area contributed by atoms with Crippen LogP contribution in [0, 0.1) is 11.2 Å². The molecule has 0 spiro atoms. The van der Waals surface area contributed by atoms with Crippen LogP contribution in [0.1, 0.15) is 37.9 Å². The molecule has 5 nitrogen and oxygen atoms in total. The van der Waals surface area contributed by atoms with Crippen molar-refractivity contribution in [1.82, 2.24) is 9.78 Å². The van der Waals surface area contributed by atoms with E-state index in [1.54, 1.807) is 20.8 Å². The number of nitrogens with zero attached hydrogens (tertiary/aromatic N) is 2. The third kappa shape index (κ3) is 3.10. The number of carboxylic acid groups (broad SMARTS) is 1. The smallest absolute Gasteiger partial charge is 0.425 e. The predicted molar refractivity (Wildman–Crippen MR) is 108 cm³/mol. The van der Waals surface area contributed by atoms with E-state index >= 15 is 0 Å². The lowest BCUT2D eigenvalue weighted by atomic mass is 9.87. The van der Waals surface area contributed by atoms with Gasteiger partial charge in [0.25, 0.3) is 0 Å². The molecule has 0 saturated heterocycles. The van der Waals surface area contributed by atoms with Crippen molar-refractivity contribution in [2.75, 3.05) is 0 Å². The monoisotopic (exact) mass is 448 g/mol. The topological polar surface area (TPSA) is 75.3 Å². The predicted octanol–water partition coefficient (Wildman–Crippen LogP) is 5.14.